The molecule has 4 heteroatoms. The van der Waals surface area contributed by atoms with Crippen molar-refractivity contribution in [3.05, 3.63) is 0 Å². The van der Waals surface area contributed by atoms with Gasteiger partial charge in [-0.1, -0.05) is 13.8 Å². The standard InChI is InChI=1S/C14H33NO2Si/c1-7-11-15(12-8-2)14(5)13-18(6,16-9-3)17-10-4/h14H,7-13H2,1-6H3. The van der Waals surface area contributed by atoms with Gasteiger partial charge in [0.1, 0.15) is 0 Å². The molecule has 0 aromatic heterocycles. The van der Waals surface area contributed by atoms with Crippen molar-refractivity contribution in [2.75, 3.05) is 26.3 Å². The third-order valence-electron chi connectivity index (χ3n) is 3.21. The summed E-state index contributed by atoms with van der Waals surface area (Å²) < 4.78 is 11.9. The molecule has 0 bridgehead atoms. The van der Waals surface area contributed by atoms with Crippen LogP contribution in [-0.4, -0.2) is 45.8 Å². The van der Waals surface area contributed by atoms with Gasteiger partial charge in [0.15, 0.2) is 0 Å². The Labute approximate surface area is 115 Å². The number of nitrogens with zero attached hydrogens (tertiary/aromatic N) is 1. The lowest BCUT2D eigenvalue weighted by molar-refractivity contribution is 0.163. The minimum Gasteiger partial charge on any atom is -0.395 e. The highest BCUT2D eigenvalue weighted by molar-refractivity contribution is 6.66. The van der Waals surface area contributed by atoms with Gasteiger partial charge in [0.2, 0.25) is 0 Å². The van der Waals surface area contributed by atoms with Gasteiger partial charge in [-0.15, -0.1) is 0 Å². The third-order valence-corrected chi connectivity index (χ3v) is 6.34. The highest BCUT2D eigenvalue weighted by atomic mass is 28.4. The maximum atomic E-state index is 5.94. The molecule has 0 aliphatic heterocycles. The van der Waals surface area contributed by atoms with Gasteiger partial charge in [0, 0.05) is 25.3 Å². The molecule has 0 aliphatic rings. The second-order valence-electron chi connectivity index (χ2n) is 5.09. The number of hydrogen-bond donors (Lipinski definition) is 0. The molecule has 0 N–H and O–H groups in total. The minimum absolute atomic E-state index is 0.555. The fraction of sp³-hybridized carbons (Fsp3) is 1.00. The monoisotopic (exact) mass is 275 g/mol. The van der Waals surface area contributed by atoms with Crippen LogP contribution in [0.15, 0.2) is 0 Å². The fourth-order valence-electron chi connectivity index (χ4n) is 2.56. The van der Waals surface area contributed by atoms with Crippen molar-refractivity contribution in [1.82, 2.24) is 4.90 Å². The highest BCUT2D eigenvalue weighted by Gasteiger charge is 2.34. The van der Waals surface area contributed by atoms with Crippen molar-refractivity contribution < 1.29 is 8.85 Å². The molecule has 1 atom stereocenters. The van der Waals surface area contributed by atoms with Crippen molar-refractivity contribution in [1.29, 1.82) is 0 Å². The Kier molecular flexibility index (Phi) is 10.0. The number of rotatable bonds is 11. The molecule has 0 amide bonds. The predicted molar refractivity (Wildman–Crippen MR) is 81.3 cm³/mol. The summed E-state index contributed by atoms with van der Waals surface area (Å²) in [4.78, 5) is 2.57. The van der Waals surface area contributed by atoms with E-state index in [1.807, 2.05) is 0 Å². The molecule has 3 nitrogen and oxygen atoms in total. The van der Waals surface area contributed by atoms with E-state index < -0.39 is 8.56 Å². The molecule has 18 heavy (non-hydrogen) atoms. The molecule has 0 heterocycles. The zero-order valence-corrected chi connectivity index (χ0v) is 14.3. The predicted octanol–water partition coefficient (Wildman–Crippen LogP) is 3.64. The molecule has 0 aromatic carbocycles. The van der Waals surface area contributed by atoms with Crippen molar-refractivity contribution >= 4 is 8.56 Å². The highest BCUT2D eigenvalue weighted by Crippen LogP contribution is 2.19. The second-order valence-corrected chi connectivity index (χ2v) is 8.34. The first kappa shape index (κ1) is 18.1. The van der Waals surface area contributed by atoms with E-state index in [0.717, 1.165) is 19.3 Å². The second kappa shape index (κ2) is 9.95. The molecule has 1 unspecified atom stereocenters. The van der Waals surface area contributed by atoms with Crippen molar-refractivity contribution in [2.24, 2.45) is 0 Å². The average Bonchev–Trinajstić information content (AvgIpc) is 2.29. The topological polar surface area (TPSA) is 21.7 Å². The average molecular weight is 276 g/mol. The van der Waals surface area contributed by atoms with E-state index in [1.165, 1.54) is 25.9 Å². The molecule has 0 rings (SSSR count). The molecular weight excluding hydrogens is 242 g/mol. The van der Waals surface area contributed by atoms with E-state index in [2.05, 4.69) is 46.1 Å². The lowest BCUT2D eigenvalue weighted by atomic mass is 10.2. The summed E-state index contributed by atoms with van der Waals surface area (Å²) in [6, 6.07) is 1.62. The van der Waals surface area contributed by atoms with Crippen molar-refractivity contribution in [2.45, 2.75) is 66.1 Å². The van der Waals surface area contributed by atoms with Crippen LogP contribution in [0.3, 0.4) is 0 Å². The Balaban J connectivity index is 4.48. The lowest BCUT2D eigenvalue weighted by Crippen LogP contribution is -2.46. The molecule has 0 saturated heterocycles. The molecule has 0 radical (unpaired) electrons. The smallest absolute Gasteiger partial charge is 0.336 e. The molecule has 0 aromatic rings. The summed E-state index contributed by atoms with van der Waals surface area (Å²) in [6.45, 7) is 17.0. The van der Waals surface area contributed by atoms with E-state index in [-0.39, 0.29) is 0 Å². The molecule has 0 aliphatic carbocycles. The lowest BCUT2D eigenvalue weighted by Gasteiger charge is -2.34. The van der Waals surface area contributed by atoms with Crippen molar-refractivity contribution in [3.8, 4) is 0 Å². The zero-order chi connectivity index (χ0) is 14.0. The maximum Gasteiger partial charge on any atom is 0.336 e. The Hall–Kier alpha value is 0.0969. The normalized spacial score (nSPS) is 14.2. The van der Waals surface area contributed by atoms with Gasteiger partial charge in [0.25, 0.3) is 0 Å². The van der Waals surface area contributed by atoms with E-state index in [1.54, 1.807) is 0 Å². The summed E-state index contributed by atoms with van der Waals surface area (Å²) in [5, 5.41) is 0. The van der Waals surface area contributed by atoms with Crippen LogP contribution in [0.2, 0.25) is 12.6 Å². The fourth-order valence-corrected chi connectivity index (χ4v) is 5.43. The summed E-state index contributed by atoms with van der Waals surface area (Å²) in [5.74, 6) is 0. The van der Waals surface area contributed by atoms with Crippen LogP contribution in [0.25, 0.3) is 0 Å². The van der Waals surface area contributed by atoms with Crippen LogP contribution in [0.1, 0.15) is 47.5 Å². The van der Waals surface area contributed by atoms with Crippen LogP contribution in [0.4, 0.5) is 0 Å². The third kappa shape index (κ3) is 6.88. The maximum absolute atomic E-state index is 5.94. The van der Waals surface area contributed by atoms with E-state index in [9.17, 15) is 0 Å². The van der Waals surface area contributed by atoms with E-state index >= 15 is 0 Å². The van der Waals surface area contributed by atoms with Gasteiger partial charge >= 0.3 is 8.56 Å². The zero-order valence-electron chi connectivity index (χ0n) is 13.3. The molecule has 0 spiro atoms. The van der Waals surface area contributed by atoms with Gasteiger partial charge in [0.05, 0.1) is 0 Å². The van der Waals surface area contributed by atoms with Crippen LogP contribution in [-0.2, 0) is 8.85 Å². The van der Waals surface area contributed by atoms with Gasteiger partial charge in [-0.25, -0.2) is 0 Å². The van der Waals surface area contributed by atoms with Crippen LogP contribution < -0.4 is 0 Å². The van der Waals surface area contributed by atoms with Crippen LogP contribution in [0, 0.1) is 0 Å². The largest absolute Gasteiger partial charge is 0.395 e. The van der Waals surface area contributed by atoms with Gasteiger partial charge < -0.3 is 13.8 Å². The van der Waals surface area contributed by atoms with Gasteiger partial charge in [-0.3, -0.25) is 0 Å². The summed E-state index contributed by atoms with van der Waals surface area (Å²) in [5.41, 5.74) is 0. The molecule has 110 valence electrons. The van der Waals surface area contributed by atoms with Gasteiger partial charge in [-0.05, 0) is 53.2 Å². The van der Waals surface area contributed by atoms with Gasteiger partial charge in [-0.2, -0.15) is 0 Å². The molecule has 0 saturated carbocycles. The summed E-state index contributed by atoms with van der Waals surface area (Å²) in [7, 11) is -1.97. The first-order valence-electron chi connectivity index (χ1n) is 7.54. The van der Waals surface area contributed by atoms with Crippen molar-refractivity contribution in [3.63, 3.8) is 0 Å². The minimum atomic E-state index is -1.97. The SMILES string of the molecule is CCCN(CCC)C(C)C[Si](C)(OCC)OCC. The van der Waals surface area contributed by atoms with Crippen LogP contribution >= 0.6 is 0 Å². The Morgan fingerprint density at radius 3 is 1.72 bits per heavy atom. The van der Waals surface area contributed by atoms with E-state index in [4.69, 9.17) is 8.85 Å². The Bertz CT molecular complexity index is 190. The summed E-state index contributed by atoms with van der Waals surface area (Å²) >= 11 is 0. The first-order chi connectivity index (χ1) is 8.52. The van der Waals surface area contributed by atoms with E-state index in [0.29, 0.717) is 6.04 Å². The first-order valence-corrected chi connectivity index (χ1v) is 10.1. The Morgan fingerprint density at radius 1 is 0.944 bits per heavy atom. The number of hydrogen-bond acceptors (Lipinski definition) is 3. The quantitative estimate of drug-likeness (QED) is 0.537. The van der Waals surface area contributed by atoms with Crippen LogP contribution in [0.5, 0.6) is 0 Å². The molecule has 0 fully saturated rings. The molecular formula is C14H33NO2Si. The Morgan fingerprint density at radius 2 is 1.39 bits per heavy atom. The summed E-state index contributed by atoms with van der Waals surface area (Å²) in [6.07, 6.45) is 2.43.